The molecule has 0 aliphatic heterocycles. The first kappa shape index (κ1) is 20.4. The van der Waals surface area contributed by atoms with Gasteiger partial charge in [-0.25, -0.2) is 13.2 Å². The Morgan fingerprint density at radius 1 is 0.926 bits per heavy atom. The van der Waals surface area contributed by atoms with E-state index in [0.717, 1.165) is 6.26 Å². The second-order valence-electron chi connectivity index (χ2n) is 5.79. The van der Waals surface area contributed by atoms with E-state index in [1.807, 2.05) is 6.07 Å². The van der Waals surface area contributed by atoms with Crippen LogP contribution < -0.4 is 0 Å². The molecule has 0 spiro atoms. The maximum atomic E-state index is 12.5. The lowest BCUT2D eigenvalue weighted by atomic mass is 9.95. The van der Waals surface area contributed by atoms with Crippen molar-refractivity contribution in [3.63, 3.8) is 0 Å². The molecule has 0 atom stereocenters. The summed E-state index contributed by atoms with van der Waals surface area (Å²) in [6.07, 6.45) is 1.11. The van der Waals surface area contributed by atoms with Gasteiger partial charge in [0.05, 0.1) is 17.6 Å². The monoisotopic (exact) mass is 388 g/mol. The molecule has 0 fully saturated rings. The van der Waals surface area contributed by atoms with E-state index >= 15 is 0 Å². The summed E-state index contributed by atoms with van der Waals surface area (Å²) in [4.78, 5) is 24.0. The minimum atomic E-state index is -3.36. The van der Waals surface area contributed by atoms with Crippen LogP contribution in [0.4, 0.5) is 0 Å². The Kier molecular flexibility index (Phi) is 6.52. The number of hydrogen-bond acceptors (Lipinski definition) is 6. The van der Waals surface area contributed by atoms with Crippen LogP contribution in [0, 0.1) is 0 Å². The lowest BCUT2D eigenvalue weighted by molar-refractivity contribution is -0.139. The number of ether oxygens (including phenoxy) is 2. The molecule has 0 heterocycles. The number of sulfone groups is 1. The first-order valence-corrected chi connectivity index (χ1v) is 9.94. The van der Waals surface area contributed by atoms with Gasteiger partial charge in [0, 0.05) is 18.8 Å². The van der Waals surface area contributed by atoms with Crippen LogP contribution in [0.2, 0.25) is 0 Å². The lowest BCUT2D eigenvalue weighted by Gasteiger charge is -2.15. The Balaban J connectivity index is 2.68. The van der Waals surface area contributed by atoms with Crippen molar-refractivity contribution in [2.24, 2.45) is 0 Å². The molecule has 0 bridgehead atoms. The number of benzene rings is 2. The number of carbonyl (C=O) groups is 2. The fourth-order valence-corrected chi connectivity index (χ4v) is 3.13. The highest BCUT2D eigenvalue weighted by Gasteiger charge is 2.21. The second-order valence-corrected chi connectivity index (χ2v) is 7.80. The first-order chi connectivity index (χ1) is 12.7. The SMILES string of the molecule is COC(=O)/C(=C(\COC(C)=O)c1ccc(S(C)(=O)=O)cc1)c1ccccc1. The Morgan fingerprint density at radius 3 is 2.00 bits per heavy atom. The van der Waals surface area contributed by atoms with E-state index < -0.39 is 21.8 Å². The Bertz CT molecular complexity index is 957. The molecule has 2 aromatic rings. The molecule has 0 radical (unpaired) electrons. The van der Waals surface area contributed by atoms with Crippen molar-refractivity contribution in [3.05, 3.63) is 65.7 Å². The van der Waals surface area contributed by atoms with E-state index in [4.69, 9.17) is 9.47 Å². The molecular formula is C20H20O6S. The minimum Gasteiger partial charge on any atom is -0.465 e. The Hall–Kier alpha value is -2.93. The van der Waals surface area contributed by atoms with Gasteiger partial charge >= 0.3 is 11.9 Å². The average molecular weight is 388 g/mol. The summed E-state index contributed by atoms with van der Waals surface area (Å²) >= 11 is 0. The molecule has 0 saturated heterocycles. The predicted molar refractivity (Wildman–Crippen MR) is 101 cm³/mol. The zero-order valence-corrected chi connectivity index (χ0v) is 16.1. The number of hydrogen-bond donors (Lipinski definition) is 0. The maximum Gasteiger partial charge on any atom is 0.338 e. The quantitative estimate of drug-likeness (QED) is 0.430. The van der Waals surface area contributed by atoms with Crippen LogP contribution in [0.15, 0.2) is 59.5 Å². The van der Waals surface area contributed by atoms with E-state index in [1.165, 1.54) is 26.2 Å². The van der Waals surface area contributed by atoms with Crippen LogP contribution in [0.1, 0.15) is 18.1 Å². The third-order valence-corrected chi connectivity index (χ3v) is 4.93. The minimum absolute atomic E-state index is 0.150. The van der Waals surface area contributed by atoms with Gasteiger partial charge in [0.1, 0.15) is 6.61 Å². The van der Waals surface area contributed by atoms with Gasteiger partial charge in [-0.15, -0.1) is 0 Å². The van der Waals surface area contributed by atoms with Gasteiger partial charge < -0.3 is 9.47 Å². The smallest absolute Gasteiger partial charge is 0.338 e. The summed E-state index contributed by atoms with van der Waals surface area (Å²) in [6.45, 7) is 1.11. The van der Waals surface area contributed by atoms with E-state index in [-0.39, 0.29) is 17.1 Å². The van der Waals surface area contributed by atoms with Gasteiger partial charge in [-0.05, 0) is 23.3 Å². The number of carbonyl (C=O) groups excluding carboxylic acids is 2. The first-order valence-electron chi connectivity index (χ1n) is 8.04. The van der Waals surface area contributed by atoms with Gasteiger partial charge in [-0.3, -0.25) is 4.79 Å². The lowest BCUT2D eigenvalue weighted by Crippen LogP contribution is -2.11. The van der Waals surface area contributed by atoms with Gasteiger partial charge in [0.15, 0.2) is 9.84 Å². The molecule has 7 heteroatoms. The van der Waals surface area contributed by atoms with Crippen molar-refractivity contribution in [2.45, 2.75) is 11.8 Å². The standard InChI is InChI=1S/C20H20O6S/c1-14(21)26-13-18(15-9-11-17(12-10-15)27(3,23)24)19(20(22)25-2)16-7-5-4-6-8-16/h4-12H,13H2,1-3H3/b19-18+. The molecular weight excluding hydrogens is 368 g/mol. The molecule has 0 aliphatic carbocycles. The Labute approximate surface area is 158 Å². The van der Waals surface area contributed by atoms with Crippen molar-refractivity contribution >= 4 is 32.9 Å². The number of rotatable bonds is 6. The summed E-state index contributed by atoms with van der Waals surface area (Å²) < 4.78 is 33.4. The molecule has 0 saturated carbocycles. The fourth-order valence-electron chi connectivity index (χ4n) is 2.50. The number of esters is 2. The zero-order valence-electron chi connectivity index (χ0n) is 15.3. The van der Waals surface area contributed by atoms with Crippen LogP contribution in [-0.2, 0) is 28.9 Å². The predicted octanol–water partition coefficient (Wildman–Crippen LogP) is 2.74. The molecule has 6 nitrogen and oxygen atoms in total. The zero-order chi connectivity index (χ0) is 20.0. The van der Waals surface area contributed by atoms with E-state index in [0.29, 0.717) is 16.7 Å². The average Bonchev–Trinajstić information content (AvgIpc) is 2.64. The van der Waals surface area contributed by atoms with Crippen LogP contribution in [0.25, 0.3) is 11.1 Å². The summed E-state index contributed by atoms with van der Waals surface area (Å²) in [7, 11) is -2.09. The third kappa shape index (κ3) is 5.27. The summed E-state index contributed by atoms with van der Waals surface area (Å²) in [5, 5.41) is 0. The van der Waals surface area contributed by atoms with Crippen molar-refractivity contribution in [2.75, 3.05) is 20.0 Å². The van der Waals surface area contributed by atoms with E-state index in [1.54, 1.807) is 36.4 Å². The van der Waals surface area contributed by atoms with Crippen molar-refractivity contribution in [1.82, 2.24) is 0 Å². The molecule has 2 rings (SSSR count). The highest BCUT2D eigenvalue weighted by molar-refractivity contribution is 7.90. The fraction of sp³-hybridized carbons (Fsp3) is 0.200. The van der Waals surface area contributed by atoms with Crippen LogP contribution >= 0.6 is 0 Å². The highest BCUT2D eigenvalue weighted by atomic mass is 32.2. The number of methoxy groups -OCH3 is 1. The molecule has 2 aromatic carbocycles. The van der Waals surface area contributed by atoms with Crippen molar-refractivity contribution < 1.29 is 27.5 Å². The van der Waals surface area contributed by atoms with Crippen LogP contribution in [-0.4, -0.2) is 40.3 Å². The summed E-state index contributed by atoms with van der Waals surface area (Å²) in [6, 6.07) is 14.9. The third-order valence-electron chi connectivity index (χ3n) is 3.80. The molecule has 27 heavy (non-hydrogen) atoms. The maximum absolute atomic E-state index is 12.5. The molecule has 0 N–H and O–H groups in total. The largest absolute Gasteiger partial charge is 0.465 e. The highest BCUT2D eigenvalue weighted by Crippen LogP contribution is 2.29. The second kappa shape index (κ2) is 8.64. The molecule has 0 amide bonds. The van der Waals surface area contributed by atoms with Crippen LogP contribution in [0.5, 0.6) is 0 Å². The van der Waals surface area contributed by atoms with Crippen molar-refractivity contribution in [3.8, 4) is 0 Å². The summed E-state index contributed by atoms with van der Waals surface area (Å²) in [5.41, 5.74) is 1.81. The molecule has 0 aliphatic rings. The molecule has 142 valence electrons. The van der Waals surface area contributed by atoms with E-state index in [2.05, 4.69) is 0 Å². The topological polar surface area (TPSA) is 86.7 Å². The van der Waals surface area contributed by atoms with Gasteiger partial charge in [0.2, 0.25) is 0 Å². The van der Waals surface area contributed by atoms with Gasteiger partial charge in [-0.2, -0.15) is 0 Å². The normalized spacial score (nSPS) is 12.1. The van der Waals surface area contributed by atoms with E-state index in [9.17, 15) is 18.0 Å². The molecule has 0 unspecified atom stereocenters. The van der Waals surface area contributed by atoms with Gasteiger partial charge in [0.25, 0.3) is 0 Å². The Morgan fingerprint density at radius 2 is 1.52 bits per heavy atom. The van der Waals surface area contributed by atoms with Crippen molar-refractivity contribution in [1.29, 1.82) is 0 Å². The van der Waals surface area contributed by atoms with Crippen LogP contribution in [0.3, 0.4) is 0 Å². The summed E-state index contributed by atoms with van der Waals surface area (Å²) in [5.74, 6) is -1.09. The van der Waals surface area contributed by atoms with Gasteiger partial charge in [-0.1, -0.05) is 42.5 Å². The molecule has 0 aromatic heterocycles.